The maximum absolute atomic E-state index is 12.4. The average molecular weight is 431 g/mol. The molecule has 1 aromatic carbocycles. The summed E-state index contributed by atoms with van der Waals surface area (Å²) < 4.78 is 4.99. The summed E-state index contributed by atoms with van der Waals surface area (Å²) in [7, 11) is 0. The molecular weight excluding hydrogens is 400 g/mol. The van der Waals surface area contributed by atoms with Crippen LogP contribution in [0.3, 0.4) is 0 Å². The molecule has 7 nitrogen and oxygen atoms in total. The zero-order valence-corrected chi connectivity index (χ0v) is 18.7. The highest BCUT2D eigenvalue weighted by atomic mass is 32.2. The summed E-state index contributed by atoms with van der Waals surface area (Å²) in [6.07, 6.45) is 0.395. The summed E-state index contributed by atoms with van der Waals surface area (Å²) in [4.78, 5) is 29.9. The molecule has 1 aliphatic heterocycles. The van der Waals surface area contributed by atoms with Crippen LogP contribution in [-0.2, 0) is 11.2 Å². The first-order chi connectivity index (χ1) is 14.4. The highest BCUT2D eigenvalue weighted by Crippen LogP contribution is 2.22. The normalized spacial score (nSPS) is 14.9. The number of amides is 2. The Balaban J connectivity index is 1.34. The molecule has 0 radical (unpaired) electrons. The van der Waals surface area contributed by atoms with E-state index < -0.39 is 0 Å². The highest BCUT2D eigenvalue weighted by molar-refractivity contribution is 7.99. The van der Waals surface area contributed by atoms with Crippen LogP contribution in [0.15, 0.2) is 39.8 Å². The van der Waals surface area contributed by atoms with Crippen molar-refractivity contribution in [2.45, 2.75) is 37.3 Å². The van der Waals surface area contributed by atoms with Gasteiger partial charge in [0.2, 0.25) is 5.91 Å². The molecule has 1 aromatic heterocycles. The minimum absolute atomic E-state index is 0.0366. The van der Waals surface area contributed by atoms with E-state index in [1.165, 1.54) is 4.90 Å². The molecule has 2 amide bonds. The molecule has 1 saturated heterocycles. The third-order valence-corrected chi connectivity index (χ3v) is 5.93. The van der Waals surface area contributed by atoms with Gasteiger partial charge in [-0.2, -0.15) is 0 Å². The van der Waals surface area contributed by atoms with Gasteiger partial charge in [-0.05, 0) is 24.6 Å². The SMILES string of the molecule is Cc1cc(C(=O)N2CCN(CCNC(=O)Cc3ccc(SC(C)C)cc3)CC2)no1. The molecule has 2 heterocycles. The first-order valence-corrected chi connectivity index (χ1v) is 11.3. The summed E-state index contributed by atoms with van der Waals surface area (Å²) in [5, 5.41) is 7.35. The van der Waals surface area contributed by atoms with Crippen molar-refractivity contribution in [3.05, 3.63) is 47.3 Å². The van der Waals surface area contributed by atoms with E-state index in [4.69, 9.17) is 4.52 Å². The molecule has 0 unspecified atom stereocenters. The molecule has 2 aromatic rings. The van der Waals surface area contributed by atoms with E-state index in [9.17, 15) is 9.59 Å². The van der Waals surface area contributed by atoms with Gasteiger partial charge in [0.05, 0.1) is 6.42 Å². The quantitative estimate of drug-likeness (QED) is 0.649. The van der Waals surface area contributed by atoms with Gasteiger partial charge < -0.3 is 14.7 Å². The fourth-order valence-electron chi connectivity index (χ4n) is 3.36. The minimum Gasteiger partial charge on any atom is -0.361 e. The van der Waals surface area contributed by atoms with Gasteiger partial charge in [0.1, 0.15) is 5.76 Å². The van der Waals surface area contributed by atoms with E-state index in [0.717, 1.165) is 25.2 Å². The maximum Gasteiger partial charge on any atom is 0.276 e. The molecule has 8 heteroatoms. The van der Waals surface area contributed by atoms with Crippen molar-refractivity contribution in [1.29, 1.82) is 0 Å². The third kappa shape index (κ3) is 6.60. The first kappa shape index (κ1) is 22.4. The number of benzene rings is 1. The summed E-state index contributed by atoms with van der Waals surface area (Å²) in [6, 6.07) is 9.87. The number of rotatable bonds is 8. The van der Waals surface area contributed by atoms with Crippen LogP contribution in [0.1, 0.15) is 35.7 Å². The molecule has 0 saturated carbocycles. The number of nitrogens with one attached hydrogen (secondary N) is 1. The smallest absolute Gasteiger partial charge is 0.276 e. The second-order valence-corrected chi connectivity index (χ2v) is 9.44. The lowest BCUT2D eigenvalue weighted by atomic mass is 10.1. The van der Waals surface area contributed by atoms with Gasteiger partial charge in [-0.3, -0.25) is 14.5 Å². The average Bonchev–Trinajstić information content (AvgIpc) is 3.15. The second-order valence-electron chi connectivity index (χ2n) is 7.79. The summed E-state index contributed by atoms with van der Waals surface area (Å²) >= 11 is 1.82. The maximum atomic E-state index is 12.4. The molecule has 0 bridgehead atoms. The van der Waals surface area contributed by atoms with Gasteiger partial charge in [-0.25, -0.2) is 0 Å². The van der Waals surface area contributed by atoms with Gasteiger partial charge in [0.15, 0.2) is 5.69 Å². The van der Waals surface area contributed by atoms with Gasteiger partial charge in [0.25, 0.3) is 5.91 Å². The molecule has 0 spiro atoms. The zero-order chi connectivity index (χ0) is 21.5. The van der Waals surface area contributed by atoms with Crippen LogP contribution in [0.25, 0.3) is 0 Å². The summed E-state index contributed by atoms with van der Waals surface area (Å²) in [6.45, 7) is 10.4. The van der Waals surface area contributed by atoms with Gasteiger partial charge in [-0.1, -0.05) is 31.1 Å². The molecule has 30 heavy (non-hydrogen) atoms. The number of thioether (sulfide) groups is 1. The lowest BCUT2D eigenvalue weighted by Crippen LogP contribution is -2.50. The van der Waals surface area contributed by atoms with E-state index in [-0.39, 0.29) is 11.8 Å². The van der Waals surface area contributed by atoms with Crippen molar-refractivity contribution in [3.8, 4) is 0 Å². The largest absolute Gasteiger partial charge is 0.361 e. The number of carbonyl (C=O) groups is 2. The van der Waals surface area contributed by atoms with Crippen molar-refractivity contribution in [2.75, 3.05) is 39.3 Å². The van der Waals surface area contributed by atoms with Crippen LogP contribution in [0.5, 0.6) is 0 Å². The zero-order valence-electron chi connectivity index (χ0n) is 17.9. The molecule has 162 valence electrons. The van der Waals surface area contributed by atoms with E-state index in [2.05, 4.69) is 41.4 Å². The van der Waals surface area contributed by atoms with Crippen LogP contribution in [0.2, 0.25) is 0 Å². The van der Waals surface area contributed by atoms with Crippen LogP contribution in [-0.4, -0.2) is 71.3 Å². The number of hydrogen-bond donors (Lipinski definition) is 1. The Hall–Kier alpha value is -2.32. The van der Waals surface area contributed by atoms with Gasteiger partial charge >= 0.3 is 0 Å². The molecule has 1 N–H and O–H groups in total. The van der Waals surface area contributed by atoms with Crippen molar-refractivity contribution < 1.29 is 14.1 Å². The Kier molecular flexibility index (Phi) is 7.93. The van der Waals surface area contributed by atoms with Crippen molar-refractivity contribution >= 4 is 23.6 Å². The number of piperazine rings is 1. The lowest BCUT2D eigenvalue weighted by Gasteiger charge is -2.34. The standard InChI is InChI=1S/C22H30N4O3S/c1-16(2)30-19-6-4-18(5-7-19)15-21(27)23-8-9-25-10-12-26(13-11-25)22(28)20-14-17(3)29-24-20/h4-7,14,16H,8-13,15H2,1-3H3,(H,23,27). The van der Waals surface area contributed by atoms with Gasteiger partial charge in [0, 0.05) is 55.5 Å². The van der Waals surface area contributed by atoms with Crippen LogP contribution in [0.4, 0.5) is 0 Å². The van der Waals surface area contributed by atoms with E-state index in [0.29, 0.717) is 42.8 Å². The molecular formula is C22H30N4O3S. The molecule has 1 fully saturated rings. The lowest BCUT2D eigenvalue weighted by molar-refractivity contribution is -0.120. The Morgan fingerprint density at radius 2 is 1.87 bits per heavy atom. The first-order valence-electron chi connectivity index (χ1n) is 10.4. The van der Waals surface area contributed by atoms with Crippen LogP contribution < -0.4 is 5.32 Å². The summed E-state index contributed by atoms with van der Waals surface area (Å²) in [5.41, 5.74) is 1.39. The van der Waals surface area contributed by atoms with Crippen molar-refractivity contribution in [1.82, 2.24) is 20.3 Å². The number of aryl methyl sites for hydroxylation is 1. The monoisotopic (exact) mass is 430 g/mol. The predicted molar refractivity (Wildman–Crippen MR) is 118 cm³/mol. The Bertz CT molecular complexity index is 842. The fourth-order valence-corrected chi connectivity index (χ4v) is 4.20. The van der Waals surface area contributed by atoms with E-state index in [1.807, 2.05) is 23.9 Å². The predicted octanol–water partition coefficient (Wildman–Crippen LogP) is 2.60. The number of aromatic nitrogens is 1. The Morgan fingerprint density at radius 3 is 2.47 bits per heavy atom. The Labute approximate surface area is 182 Å². The number of carbonyl (C=O) groups excluding carboxylic acids is 2. The highest BCUT2D eigenvalue weighted by Gasteiger charge is 2.24. The molecule has 3 rings (SSSR count). The molecule has 1 aliphatic rings. The van der Waals surface area contributed by atoms with Crippen molar-refractivity contribution in [3.63, 3.8) is 0 Å². The van der Waals surface area contributed by atoms with Crippen molar-refractivity contribution in [2.24, 2.45) is 0 Å². The topological polar surface area (TPSA) is 78.7 Å². The fraction of sp³-hybridized carbons (Fsp3) is 0.500. The number of nitrogens with zero attached hydrogens (tertiary/aromatic N) is 3. The molecule has 0 aliphatic carbocycles. The third-order valence-electron chi connectivity index (χ3n) is 4.92. The summed E-state index contributed by atoms with van der Waals surface area (Å²) in [5.74, 6) is 0.588. The van der Waals surface area contributed by atoms with Crippen LogP contribution >= 0.6 is 11.8 Å². The second kappa shape index (κ2) is 10.6. The molecule has 0 atom stereocenters. The minimum atomic E-state index is -0.0855. The van der Waals surface area contributed by atoms with Crippen LogP contribution in [0, 0.1) is 6.92 Å². The Morgan fingerprint density at radius 1 is 1.17 bits per heavy atom. The van der Waals surface area contributed by atoms with E-state index in [1.54, 1.807) is 17.9 Å². The van der Waals surface area contributed by atoms with Gasteiger partial charge in [-0.15, -0.1) is 11.8 Å². The number of hydrogen-bond acceptors (Lipinski definition) is 6. The van der Waals surface area contributed by atoms with E-state index >= 15 is 0 Å².